The maximum absolute atomic E-state index is 6.00. The van der Waals surface area contributed by atoms with E-state index in [-0.39, 0.29) is 16.9 Å². The zero-order valence-electron chi connectivity index (χ0n) is 19.7. The minimum atomic E-state index is 0.155. The predicted molar refractivity (Wildman–Crippen MR) is 123 cm³/mol. The lowest BCUT2D eigenvalue weighted by molar-refractivity contribution is -0.904. The molecule has 1 aromatic carbocycles. The summed E-state index contributed by atoms with van der Waals surface area (Å²) >= 11 is 0. The number of nitrogens with zero attached hydrogens (tertiary/aromatic N) is 1. The van der Waals surface area contributed by atoms with Gasteiger partial charge in [0.1, 0.15) is 13.1 Å². The molecule has 3 nitrogen and oxygen atoms in total. The summed E-state index contributed by atoms with van der Waals surface area (Å²) in [6, 6.07) is 10.6. The van der Waals surface area contributed by atoms with Gasteiger partial charge in [0, 0.05) is 5.56 Å². The van der Waals surface area contributed by atoms with E-state index >= 15 is 0 Å². The van der Waals surface area contributed by atoms with Crippen LogP contribution in [0.3, 0.4) is 0 Å². The zero-order chi connectivity index (χ0) is 21.5. The highest BCUT2D eigenvalue weighted by molar-refractivity contribution is 5.31. The van der Waals surface area contributed by atoms with Crippen molar-refractivity contribution in [3.05, 3.63) is 59.7 Å². The third-order valence-corrected chi connectivity index (χ3v) is 6.51. The fourth-order valence-electron chi connectivity index (χ4n) is 3.45. The van der Waals surface area contributed by atoms with Gasteiger partial charge >= 0.3 is 0 Å². The van der Waals surface area contributed by atoms with Crippen LogP contribution in [0.1, 0.15) is 46.6 Å². The van der Waals surface area contributed by atoms with Crippen molar-refractivity contribution in [1.82, 2.24) is 0 Å². The molecule has 0 N–H and O–H groups in total. The van der Waals surface area contributed by atoms with Gasteiger partial charge in [0.05, 0.1) is 40.0 Å². The van der Waals surface area contributed by atoms with Crippen LogP contribution in [0.15, 0.2) is 54.1 Å². The summed E-state index contributed by atoms with van der Waals surface area (Å²) < 4.78 is 12.8. The van der Waals surface area contributed by atoms with Crippen molar-refractivity contribution in [2.45, 2.75) is 53.7 Å². The molecule has 1 unspecified atom stereocenters. The Morgan fingerprint density at radius 1 is 0.966 bits per heavy atom. The quantitative estimate of drug-likeness (QED) is 0.375. The van der Waals surface area contributed by atoms with Crippen molar-refractivity contribution in [3.63, 3.8) is 0 Å². The van der Waals surface area contributed by atoms with Gasteiger partial charge in [0.2, 0.25) is 0 Å². The van der Waals surface area contributed by atoms with Gasteiger partial charge in [-0.2, -0.15) is 0 Å². The van der Waals surface area contributed by atoms with E-state index < -0.39 is 0 Å². The number of allylic oxidation sites excluding steroid dienone is 2. The molecule has 0 heterocycles. The molecular weight excluding hydrogens is 358 g/mol. The van der Waals surface area contributed by atoms with Crippen LogP contribution in [0.5, 0.6) is 0 Å². The highest BCUT2D eigenvalue weighted by Gasteiger charge is 2.35. The van der Waals surface area contributed by atoms with Crippen molar-refractivity contribution >= 4 is 0 Å². The summed E-state index contributed by atoms with van der Waals surface area (Å²) in [7, 11) is 4.51. The van der Waals surface area contributed by atoms with Crippen LogP contribution in [-0.4, -0.2) is 51.0 Å². The first-order chi connectivity index (χ1) is 13.5. The van der Waals surface area contributed by atoms with Crippen LogP contribution in [-0.2, 0) is 16.0 Å². The van der Waals surface area contributed by atoms with E-state index in [0.29, 0.717) is 13.2 Å². The molecule has 1 aromatic rings. The average Bonchev–Trinajstić information content (AvgIpc) is 2.64. The van der Waals surface area contributed by atoms with Crippen LogP contribution in [0.4, 0.5) is 0 Å². The van der Waals surface area contributed by atoms with Gasteiger partial charge in [-0.15, -0.1) is 0 Å². The van der Waals surface area contributed by atoms with Crippen molar-refractivity contribution in [2.24, 2.45) is 10.8 Å². The van der Waals surface area contributed by atoms with Crippen molar-refractivity contribution < 1.29 is 14.0 Å². The van der Waals surface area contributed by atoms with E-state index in [2.05, 4.69) is 97.3 Å². The molecule has 0 bridgehead atoms. The van der Waals surface area contributed by atoms with Crippen molar-refractivity contribution in [2.75, 3.05) is 40.5 Å². The second-order valence-corrected chi connectivity index (χ2v) is 10.5. The molecule has 0 fully saturated rings. The summed E-state index contributed by atoms with van der Waals surface area (Å²) in [6.07, 6.45) is 7.93. The van der Waals surface area contributed by atoms with Crippen LogP contribution < -0.4 is 0 Å². The van der Waals surface area contributed by atoms with E-state index in [9.17, 15) is 0 Å². The number of ether oxygens (including phenoxy) is 2. The van der Waals surface area contributed by atoms with Crippen LogP contribution in [0.25, 0.3) is 0 Å². The topological polar surface area (TPSA) is 18.5 Å². The van der Waals surface area contributed by atoms with Gasteiger partial charge in [0.15, 0.2) is 0 Å². The molecule has 1 aliphatic carbocycles. The second kappa shape index (κ2) is 10.1. The summed E-state index contributed by atoms with van der Waals surface area (Å²) in [4.78, 5) is 0. The molecule has 0 spiro atoms. The molecule has 2 rings (SSSR count). The summed E-state index contributed by atoms with van der Waals surface area (Å²) in [5.74, 6) is 0. The van der Waals surface area contributed by atoms with E-state index in [0.717, 1.165) is 30.6 Å². The third-order valence-electron chi connectivity index (χ3n) is 6.51. The van der Waals surface area contributed by atoms with E-state index in [4.69, 9.17) is 9.47 Å². The van der Waals surface area contributed by atoms with Crippen molar-refractivity contribution in [1.29, 1.82) is 0 Å². The number of hydrogen-bond acceptors (Lipinski definition) is 2. The Morgan fingerprint density at radius 2 is 1.66 bits per heavy atom. The fraction of sp³-hybridized carbons (Fsp3) is 0.615. The molecule has 0 aromatic heterocycles. The van der Waals surface area contributed by atoms with E-state index in [1.807, 2.05) is 0 Å². The molecule has 0 saturated carbocycles. The van der Waals surface area contributed by atoms with Gasteiger partial charge in [-0.25, -0.2) is 0 Å². The predicted octanol–water partition coefficient (Wildman–Crippen LogP) is 5.62. The van der Waals surface area contributed by atoms with E-state index in [1.54, 1.807) is 0 Å². The molecule has 0 amide bonds. The summed E-state index contributed by atoms with van der Waals surface area (Å²) in [5.41, 5.74) is 3.17. The lowest BCUT2D eigenvalue weighted by atomic mass is 9.64. The summed E-state index contributed by atoms with van der Waals surface area (Å²) in [6.45, 7) is 15.6. The van der Waals surface area contributed by atoms with Gasteiger partial charge in [-0.05, 0) is 22.8 Å². The maximum Gasteiger partial charge on any atom is 0.104 e. The number of hydrogen-bond donors (Lipinski definition) is 0. The zero-order valence-corrected chi connectivity index (χ0v) is 19.7. The first-order valence-corrected chi connectivity index (χ1v) is 11.0. The molecular formula is C26H42NO2+. The molecule has 3 heteroatoms. The largest absolute Gasteiger partial charge is 0.373 e. The number of benzene rings is 1. The lowest BCUT2D eigenvalue weighted by Gasteiger charge is -2.41. The fourth-order valence-corrected chi connectivity index (χ4v) is 3.45. The first kappa shape index (κ1) is 23.9. The number of rotatable bonds is 10. The molecule has 0 saturated heterocycles. The Hall–Kier alpha value is -1.42. The summed E-state index contributed by atoms with van der Waals surface area (Å²) in [5, 5.41) is 0. The minimum absolute atomic E-state index is 0.155. The molecule has 0 aliphatic heterocycles. The lowest BCUT2D eigenvalue weighted by Crippen LogP contribution is -2.41. The normalized spacial score (nSPS) is 18.0. The van der Waals surface area contributed by atoms with Crippen LogP contribution >= 0.6 is 0 Å². The Kier molecular flexibility index (Phi) is 8.28. The van der Waals surface area contributed by atoms with Gasteiger partial charge in [-0.1, -0.05) is 83.2 Å². The minimum Gasteiger partial charge on any atom is -0.373 e. The Morgan fingerprint density at radius 3 is 2.24 bits per heavy atom. The highest BCUT2D eigenvalue weighted by Crippen LogP contribution is 2.45. The smallest absolute Gasteiger partial charge is 0.104 e. The van der Waals surface area contributed by atoms with Gasteiger partial charge in [-0.3, -0.25) is 0 Å². The van der Waals surface area contributed by atoms with Gasteiger partial charge in [0.25, 0.3) is 0 Å². The second-order valence-electron chi connectivity index (χ2n) is 10.5. The molecule has 1 aliphatic rings. The highest BCUT2D eigenvalue weighted by atomic mass is 16.5. The van der Waals surface area contributed by atoms with E-state index in [1.165, 1.54) is 11.1 Å². The first-order valence-electron chi connectivity index (χ1n) is 11.0. The molecule has 0 radical (unpaired) electrons. The molecule has 29 heavy (non-hydrogen) atoms. The monoisotopic (exact) mass is 400 g/mol. The number of likely N-dealkylation sites (N-methyl/N-ethyl adjacent to an activating group) is 1. The third kappa shape index (κ3) is 7.40. The standard InChI is InChI=1S/C26H42NO2/c1-25(2,3)26(4,5)23-13-15-24(16-14-23)29-20-19-28-18-17-27(6,7)21-22-11-9-8-10-12-22/h8-15,24H,16-21H2,1-7H3/q+1. The Bertz CT molecular complexity index is 680. The molecule has 162 valence electrons. The van der Waals surface area contributed by atoms with Gasteiger partial charge < -0.3 is 14.0 Å². The SMILES string of the molecule is CC(C)(C)C(C)(C)C1=CCC(OCCOCC[N+](C)(C)Cc2ccccc2)C=C1. The van der Waals surface area contributed by atoms with Crippen LogP contribution in [0, 0.1) is 10.8 Å². The van der Waals surface area contributed by atoms with Crippen LogP contribution in [0.2, 0.25) is 0 Å². The number of quaternary nitrogens is 1. The molecule has 1 atom stereocenters. The average molecular weight is 401 g/mol. The Balaban J connectivity index is 1.63. The Labute approximate surface area is 179 Å². The maximum atomic E-state index is 6.00. The van der Waals surface area contributed by atoms with Crippen molar-refractivity contribution in [3.8, 4) is 0 Å².